The largest absolute Gasteiger partial charge is 0.490 e. The molecule has 0 saturated heterocycles. The molecule has 0 heterocycles. The lowest BCUT2D eigenvalue weighted by atomic mass is 10.1. The maximum absolute atomic E-state index is 12.0. The van der Waals surface area contributed by atoms with Crippen LogP contribution >= 0.6 is 0 Å². The van der Waals surface area contributed by atoms with Gasteiger partial charge in [-0.05, 0) is 60.0 Å². The second kappa shape index (κ2) is 11.2. The number of benzene rings is 3. The van der Waals surface area contributed by atoms with Crippen molar-refractivity contribution in [1.29, 1.82) is 0 Å². The summed E-state index contributed by atoms with van der Waals surface area (Å²) in [6.45, 7) is 4.96. The minimum atomic E-state index is -0.577. The first kappa shape index (κ1) is 21.6. The van der Waals surface area contributed by atoms with Gasteiger partial charge in [0.15, 0.2) is 6.10 Å². The molecule has 0 N–H and O–H groups in total. The lowest BCUT2D eigenvalue weighted by Gasteiger charge is -2.15. The van der Waals surface area contributed by atoms with E-state index in [9.17, 15) is 4.79 Å². The minimum Gasteiger partial charge on any atom is -0.490 e. The summed E-state index contributed by atoms with van der Waals surface area (Å²) in [5.74, 6) is 0.463. The molecule has 3 rings (SSSR count). The standard InChI is InChI=1S/C26H28O4/c1-3-28-25(26(27)29-4-2)19-21-12-15-24(16-13-21)30-17-7-8-20-11-14-22-9-5-6-10-23(22)18-20/h5-16,18,25H,3-4,17,19H2,1-2H3/b8-7+/t25-/m0/s1. The Bertz CT molecular complexity index is 976. The molecule has 0 unspecified atom stereocenters. The van der Waals surface area contributed by atoms with E-state index >= 15 is 0 Å². The summed E-state index contributed by atoms with van der Waals surface area (Å²) < 4.78 is 16.4. The van der Waals surface area contributed by atoms with Gasteiger partial charge in [0, 0.05) is 13.0 Å². The van der Waals surface area contributed by atoms with Crippen LogP contribution in [0.5, 0.6) is 5.75 Å². The third-order valence-corrected chi connectivity index (χ3v) is 4.69. The van der Waals surface area contributed by atoms with Crippen LogP contribution in [0.25, 0.3) is 16.8 Å². The zero-order chi connectivity index (χ0) is 21.2. The zero-order valence-electron chi connectivity index (χ0n) is 17.5. The normalized spacial score (nSPS) is 12.2. The smallest absolute Gasteiger partial charge is 0.335 e. The first-order valence-electron chi connectivity index (χ1n) is 10.3. The van der Waals surface area contributed by atoms with Gasteiger partial charge in [-0.1, -0.05) is 54.6 Å². The van der Waals surface area contributed by atoms with Crippen molar-refractivity contribution >= 4 is 22.8 Å². The predicted molar refractivity (Wildman–Crippen MR) is 121 cm³/mol. The van der Waals surface area contributed by atoms with Gasteiger partial charge in [-0.2, -0.15) is 0 Å². The van der Waals surface area contributed by atoms with Gasteiger partial charge in [-0.25, -0.2) is 4.79 Å². The van der Waals surface area contributed by atoms with Crippen LogP contribution in [0.1, 0.15) is 25.0 Å². The number of esters is 1. The Kier molecular flexibility index (Phi) is 8.04. The number of fused-ring (bicyclic) bond motifs is 1. The highest BCUT2D eigenvalue weighted by Gasteiger charge is 2.20. The molecular weight excluding hydrogens is 376 g/mol. The van der Waals surface area contributed by atoms with Crippen molar-refractivity contribution < 1.29 is 19.0 Å². The van der Waals surface area contributed by atoms with Crippen molar-refractivity contribution in [1.82, 2.24) is 0 Å². The number of hydrogen-bond acceptors (Lipinski definition) is 4. The van der Waals surface area contributed by atoms with Gasteiger partial charge >= 0.3 is 5.97 Å². The van der Waals surface area contributed by atoms with Gasteiger partial charge < -0.3 is 14.2 Å². The molecule has 4 heteroatoms. The molecule has 0 fully saturated rings. The number of ether oxygens (including phenoxy) is 3. The molecule has 0 amide bonds. The van der Waals surface area contributed by atoms with Crippen molar-refractivity contribution in [3.63, 3.8) is 0 Å². The van der Waals surface area contributed by atoms with Crippen LogP contribution in [0.2, 0.25) is 0 Å². The first-order chi connectivity index (χ1) is 14.7. The Balaban J connectivity index is 1.52. The molecule has 0 aromatic heterocycles. The maximum atomic E-state index is 12.0. The van der Waals surface area contributed by atoms with E-state index in [0.717, 1.165) is 16.9 Å². The van der Waals surface area contributed by atoms with Crippen LogP contribution in [-0.4, -0.2) is 31.9 Å². The molecule has 4 nitrogen and oxygen atoms in total. The Morgan fingerprint density at radius 2 is 1.70 bits per heavy atom. The van der Waals surface area contributed by atoms with E-state index in [1.54, 1.807) is 6.92 Å². The van der Waals surface area contributed by atoms with E-state index in [0.29, 0.717) is 26.2 Å². The average Bonchev–Trinajstić information content (AvgIpc) is 2.77. The van der Waals surface area contributed by atoms with Gasteiger partial charge in [-0.15, -0.1) is 0 Å². The molecule has 0 aliphatic carbocycles. The van der Waals surface area contributed by atoms with E-state index in [-0.39, 0.29) is 5.97 Å². The summed E-state index contributed by atoms with van der Waals surface area (Å²) in [4.78, 5) is 12.0. The van der Waals surface area contributed by atoms with Crippen molar-refractivity contribution in [2.75, 3.05) is 19.8 Å². The molecular formula is C26H28O4. The average molecular weight is 405 g/mol. The van der Waals surface area contributed by atoms with E-state index in [1.165, 1.54) is 10.8 Å². The van der Waals surface area contributed by atoms with Crippen molar-refractivity contribution in [2.24, 2.45) is 0 Å². The summed E-state index contributed by atoms with van der Waals surface area (Å²) in [5, 5.41) is 2.46. The van der Waals surface area contributed by atoms with Crippen molar-refractivity contribution in [3.8, 4) is 5.75 Å². The molecule has 1 atom stereocenters. The van der Waals surface area contributed by atoms with Crippen molar-refractivity contribution in [2.45, 2.75) is 26.4 Å². The fourth-order valence-corrected chi connectivity index (χ4v) is 3.22. The monoisotopic (exact) mass is 404 g/mol. The highest BCUT2D eigenvalue weighted by molar-refractivity contribution is 5.84. The summed E-state index contributed by atoms with van der Waals surface area (Å²) in [5.41, 5.74) is 2.15. The minimum absolute atomic E-state index is 0.321. The summed E-state index contributed by atoms with van der Waals surface area (Å²) >= 11 is 0. The lowest BCUT2D eigenvalue weighted by Crippen LogP contribution is -2.28. The topological polar surface area (TPSA) is 44.8 Å². The number of carbonyl (C=O) groups excluding carboxylic acids is 1. The molecule has 0 spiro atoms. The van der Waals surface area contributed by atoms with Crippen molar-refractivity contribution in [3.05, 3.63) is 83.9 Å². The Morgan fingerprint density at radius 1 is 0.933 bits per heavy atom. The van der Waals surface area contributed by atoms with Crippen LogP contribution in [-0.2, 0) is 20.7 Å². The molecule has 30 heavy (non-hydrogen) atoms. The fraction of sp³-hybridized carbons (Fsp3) is 0.269. The van der Waals surface area contributed by atoms with Gasteiger partial charge in [0.05, 0.1) is 6.61 Å². The Hall–Kier alpha value is -3.11. The Labute approximate surface area is 178 Å². The molecule has 0 aliphatic heterocycles. The summed E-state index contributed by atoms with van der Waals surface area (Å²) in [6.07, 6.45) is 3.97. The maximum Gasteiger partial charge on any atom is 0.335 e. The second-order valence-corrected chi connectivity index (χ2v) is 6.86. The van der Waals surface area contributed by atoms with Crippen LogP contribution < -0.4 is 4.74 Å². The van der Waals surface area contributed by atoms with Crippen LogP contribution in [0.15, 0.2) is 72.8 Å². The quantitative estimate of drug-likeness (QED) is 0.422. The summed E-state index contributed by atoms with van der Waals surface area (Å²) in [6, 6.07) is 22.4. The highest BCUT2D eigenvalue weighted by atomic mass is 16.6. The van der Waals surface area contributed by atoms with Gasteiger partial charge in [0.1, 0.15) is 12.4 Å². The second-order valence-electron chi connectivity index (χ2n) is 6.86. The molecule has 3 aromatic carbocycles. The third-order valence-electron chi connectivity index (χ3n) is 4.69. The zero-order valence-corrected chi connectivity index (χ0v) is 17.5. The van der Waals surface area contributed by atoms with E-state index < -0.39 is 6.10 Å². The number of carbonyl (C=O) groups is 1. The number of hydrogen-bond donors (Lipinski definition) is 0. The van der Waals surface area contributed by atoms with E-state index in [4.69, 9.17) is 14.2 Å². The fourth-order valence-electron chi connectivity index (χ4n) is 3.22. The summed E-state index contributed by atoms with van der Waals surface area (Å²) in [7, 11) is 0. The molecule has 3 aromatic rings. The SMILES string of the molecule is CCOC(=O)[C@H](Cc1ccc(OC/C=C/c2ccc3ccccc3c2)cc1)OCC. The predicted octanol–water partition coefficient (Wildman–Crippen LogP) is 5.44. The van der Waals surface area contributed by atoms with Crippen LogP contribution in [0.4, 0.5) is 0 Å². The molecule has 156 valence electrons. The van der Waals surface area contributed by atoms with Crippen LogP contribution in [0.3, 0.4) is 0 Å². The number of rotatable bonds is 10. The lowest BCUT2D eigenvalue weighted by molar-refractivity contribution is -0.156. The van der Waals surface area contributed by atoms with E-state index in [2.05, 4.69) is 36.4 Å². The van der Waals surface area contributed by atoms with Gasteiger partial charge in [0.2, 0.25) is 0 Å². The first-order valence-corrected chi connectivity index (χ1v) is 10.3. The Morgan fingerprint density at radius 3 is 2.43 bits per heavy atom. The van der Waals surface area contributed by atoms with Crippen LogP contribution in [0, 0.1) is 0 Å². The third kappa shape index (κ3) is 6.19. The van der Waals surface area contributed by atoms with Gasteiger partial charge in [-0.3, -0.25) is 0 Å². The molecule has 0 aliphatic rings. The molecule has 0 radical (unpaired) electrons. The van der Waals surface area contributed by atoms with Gasteiger partial charge in [0.25, 0.3) is 0 Å². The highest BCUT2D eigenvalue weighted by Crippen LogP contribution is 2.17. The molecule has 0 saturated carbocycles. The van der Waals surface area contributed by atoms with E-state index in [1.807, 2.05) is 49.4 Å². The molecule has 0 bridgehead atoms.